The Labute approximate surface area is 155 Å². The third-order valence-electron chi connectivity index (χ3n) is 4.43. The molecule has 0 aliphatic heterocycles. The van der Waals surface area contributed by atoms with Crippen LogP contribution in [-0.4, -0.2) is 22.3 Å². The van der Waals surface area contributed by atoms with Crippen LogP contribution in [0.4, 0.5) is 5.82 Å². The molecule has 4 nitrogen and oxygen atoms in total. The minimum atomic E-state index is 0.621. The van der Waals surface area contributed by atoms with E-state index in [1.807, 2.05) is 12.1 Å². The summed E-state index contributed by atoms with van der Waals surface area (Å²) in [5.41, 5.74) is 8.87. The van der Waals surface area contributed by atoms with Crippen LogP contribution in [0.1, 0.15) is 28.8 Å². The largest absolute Gasteiger partial charge is 0.493 e. The Balaban J connectivity index is 1.42. The highest BCUT2D eigenvalue weighted by Gasteiger charge is 2.20. The monoisotopic (exact) mass is 371 g/mol. The van der Waals surface area contributed by atoms with Crippen molar-refractivity contribution in [3.8, 4) is 5.75 Å². The van der Waals surface area contributed by atoms with Crippen molar-refractivity contribution >= 4 is 39.1 Å². The SMILES string of the molecule is Cc1ccc(OCCSc2nc(N)c3c4c(sc3n2)CCCC4)cc1. The zero-order chi connectivity index (χ0) is 17.2. The third-order valence-corrected chi connectivity index (χ3v) is 6.42. The van der Waals surface area contributed by atoms with Crippen molar-refractivity contribution in [2.45, 2.75) is 37.8 Å². The zero-order valence-electron chi connectivity index (χ0n) is 14.2. The normalized spacial score (nSPS) is 13.8. The summed E-state index contributed by atoms with van der Waals surface area (Å²) in [6.07, 6.45) is 4.78. The first-order valence-corrected chi connectivity index (χ1v) is 10.4. The highest BCUT2D eigenvalue weighted by molar-refractivity contribution is 7.99. The lowest BCUT2D eigenvalue weighted by Crippen LogP contribution is -2.03. The number of hydrogen-bond donors (Lipinski definition) is 1. The van der Waals surface area contributed by atoms with E-state index >= 15 is 0 Å². The van der Waals surface area contributed by atoms with Crippen LogP contribution >= 0.6 is 23.1 Å². The molecule has 2 heterocycles. The fourth-order valence-corrected chi connectivity index (χ4v) is 5.15. The predicted octanol–water partition coefficient (Wildman–Crippen LogP) is 4.63. The Morgan fingerprint density at radius 1 is 1.16 bits per heavy atom. The zero-order valence-corrected chi connectivity index (χ0v) is 15.9. The molecule has 0 amide bonds. The van der Waals surface area contributed by atoms with E-state index in [1.54, 1.807) is 23.1 Å². The molecule has 2 aromatic heterocycles. The van der Waals surface area contributed by atoms with Gasteiger partial charge in [0.15, 0.2) is 5.16 Å². The number of nitrogens with two attached hydrogens (primary N) is 1. The van der Waals surface area contributed by atoms with Crippen molar-refractivity contribution in [2.75, 3.05) is 18.1 Å². The van der Waals surface area contributed by atoms with E-state index < -0.39 is 0 Å². The lowest BCUT2D eigenvalue weighted by atomic mass is 9.97. The molecule has 0 unspecified atom stereocenters. The van der Waals surface area contributed by atoms with Crippen molar-refractivity contribution in [2.24, 2.45) is 0 Å². The second-order valence-corrected chi connectivity index (χ2v) is 8.44. The molecule has 3 aromatic rings. The maximum absolute atomic E-state index is 6.25. The Bertz CT molecular complexity index is 890. The number of ether oxygens (including phenoxy) is 1. The first-order valence-electron chi connectivity index (χ1n) is 8.61. The Kier molecular flexibility index (Phi) is 4.81. The molecule has 1 aliphatic carbocycles. The van der Waals surface area contributed by atoms with Gasteiger partial charge in [-0.05, 0) is 50.3 Å². The Morgan fingerprint density at radius 2 is 1.96 bits per heavy atom. The van der Waals surface area contributed by atoms with Crippen LogP contribution in [0, 0.1) is 6.92 Å². The molecule has 0 saturated carbocycles. The second-order valence-electron chi connectivity index (χ2n) is 6.29. The number of rotatable bonds is 5. The first-order chi connectivity index (χ1) is 12.2. The summed E-state index contributed by atoms with van der Waals surface area (Å²) in [5, 5.41) is 1.84. The highest BCUT2D eigenvalue weighted by atomic mass is 32.2. The van der Waals surface area contributed by atoms with E-state index in [1.165, 1.54) is 28.8 Å². The molecule has 0 spiro atoms. The summed E-state index contributed by atoms with van der Waals surface area (Å²) in [6, 6.07) is 8.10. The van der Waals surface area contributed by atoms with E-state index in [0.717, 1.165) is 39.7 Å². The number of aryl methyl sites for hydroxylation is 3. The van der Waals surface area contributed by atoms with E-state index in [-0.39, 0.29) is 0 Å². The van der Waals surface area contributed by atoms with Gasteiger partial charge in [-0.15, -0.1) is 11.3 Å². The lowest BCUT2D eigenvalue weighted by Gasteiger charge is -2.10. The summed E-state index contributed by atoms with van der Waals surface area (Å²) in [4.78, 5) is 11.7. The molecule has 25 heavy (non-hydrogen) atoms. The van der Waals surface area contributed by atoms with Crippen LogP contribution in [0.25, 0.3) is 10.2 Å². The fourth-order valence-electron chi connectivity index (χ4n) is 3.16. The smallest absolute Gasteiger partial charge is 0.191 e. The molecular weight excluding hydrogens is 350 g/mol. The molecule has 0 radical (unpaired) electrons. The molecule has 0 fully saturated rings. The molecule has 1 aromatic carbocycles. The van der Waals surface area contributed by atoms with Gasteiger partial charge in [0, 0.05) is 10.6 Å². The average molecular weight is 372 g/mol. The van der Waals surface area contributed by atoms with Crippen molar-refractivity contribution in [3.05, 3.63) is 40.3 Å². The van der Waals surface area contributed by atoms with Crippen LogP contribution in [0.3, 0.4) is 0 Å². The van der Waals surface area contributed by atoms with E-state index in [4.69, 9.17) is 15.5 Å². The number of thioether (sulfide) groups is 1. The van der Waals surface area contributed by atoms with Crippen LogP contribution in [0.5, 0.6) is 5.75 Å². The molecular formula is C19H21N3OS2. The second kappa shape index (κ2) is 7.22. The fraction of sp³-hybridized carbons (Fsp3) is 0.368. The summed E-state index contributed by atoms with van der Waals surface area (Å²) in [5.74, 6) is 2.32. The number of hydrogen-bond acceptors (Lipinski definition) is 6. The number of nitrogen functional groups attached to an aromatic ring is 1. The van der Waals surface area contributed by atoms with Gasteiger partial charge in [-0.2, -0.15) is 0 Å². The van der Waals surface area contributed by atoms with E-state index in [0.29, 0.717) is 12.4 Å². The van der Waals surface area contributed by atoms with Crippen LogP contribution in [0.2, 0.25) is 0 Å². The van der Waals surface area contributed by atoms with Gasteiger partial charge in [0.1, 0.15) is 16.4 Å². The van der Waals surface area contributed by atoms with Crippen LogP contribution in [0.15, 0.2) is 29.4 Å². The van der Waals surface area contributed by atoms with Gasteiger partial charge in [0.25, 0.3) is 0 Å². The van der Waals surface area contributed by atoms with Gasteiger partial charge in [-0.3, -0.25) is 0 Å². The van der Waals surface area contributed by atoms with Gasteiger partial charge in [0.2, 0.25) is 0 Å². The summed E-state index contributed by atoms with van der Waals surface area (Å²) in [7, 11) is 0. The lowest BCUT2D eigenvalue weighted by molar-refractivity contribution is 0.344. The van der Waals surface area contributed by atoms with Gasteiger partial charge in [-0.25, -0.2) is 9.97 Å². The van der Waals surface area contributed by atoms with Crippen LogP contribution in [-0.2, 0) is 12.8 Å². The molecule has 6 heteroatoms. The summed E-state index contributed by atoms with van der Waals surface area (Å²) < 4.78 is 5.76. The van der Waals surface area contributed by atoms with Crippen molar-refractivity contribution in [3.63, 3.8) is 0 Å². The number of aromatic nitrogens is 2. The summed E-state index contributed by atoms with van der Waals surface area (Å²) in [6.45, 7) is 2.69. The van der Waals surface area contributed by atoms with Crippen molar-refractivity contribution in [1.29, 1.82) is 0 Å². The van der Waals surface area contributed by atoms with Crippen LogP contribution < -0.4 is 10.5 Å². The number of anilines is 1. The quantitative estimate of drug-likeness (QED) is 0.402. The van der Waals surface area contributed by atoms with Gasteiger partial charge >= 0.3 is 0 Å². The van der Waals surface area contributed by atoms with Crippen molar-refractivity contribution in [1.82, 2.24) is 9.97 Å². The first kappa shape index (κ1) is 16.7. The number of fused-ring (bicyclic) bond motifs is 3. The molecule has 2 N–H and O–H groups in total. The Morgan fingerprint density at radius 3 is 2.80 bits per heavy atom. The maximum Gasteiger partial charge on any atom is 0.191 e. The number of thiophene rings is 1. The maximum atomic E-state index is 6.25. The minimum absolute atomic E-state index is 0.621. The topological polar surface area (TPSA) is 61.0 Å². The van der Waals surface area contributed by atoms with E-state index in [9.17, 15) is 0 Å². The molecule has 4 rings (SSSR count). The molecule has 130 valence electrons. The average Bonchev–Trinajstić information content (AvgIpc) is 2.99. The molecule has 0 atom stereocenters. The van der Waals surface area contributed by atoms with Crippen molar-refractivity contribution < 1.29 is 4.74 Å². The van der Waals surface area contributed by atoms with Gasteiger partial charge in [0.05, 0.1) is 12.0 Å². The molecule has 1 aliphatic rings. The van der Waals surface area contributed by atoms with E-state index in [2.05, 4.69) is 24.0 Å². The molecule has 0 saturated heterocycles. The van der Waals surface area contributed by atoms with Gasteiger partial charge in [-0.1, -0.05) is 29.5 Å². The third kappa shape index (κ3) is 3.60. The number of benzene rings is 1. The summed E-state index contributed by atoms with van der Waals surface area (Å²) >= 11 is 3.39. The highest BCUT2D eigenvalue weighted by Crippen LogP contribution is 2.38. The number of nitrogens with zero attached hydrogens (tertiary/aromatic N) is 2. The standard InChI is InChI=1S/C19H21N3OS2/c1-12-6-8-13(9-7-12)23-10-11-24-19-21-17(20)16-14-4-2-3-5-15(14)25-18(16)22-19/h6-9H,2-5,10-11H2,1H3,(H2,20,21,22). The predicted molar refractivity (Wildman–Crippen MR) is 106 cm³/mol. The Hall–Kier alpha value is -1.79. The minimum Gasteiger partial charge on any atom is -0.493 e. The van der Waals surface area contributed by atoms with Gasteiger partial charge < -0.3 is 10.5 Å². The molecule has 0 bridgehead atoms.